The van der Waals surface area contributed by atoms with E-state index in [1.807, 2.05) is 14.2 Å². The van der Waals surface area contributed by atoms with Gasteiger partial charge in [-0.3, -0.25) is 0 Å². The summed E-state index contributed by atoms with van der Waals surface area (Å²) in [6, 6.07) is 0. The second-order valence-electron chi connectivity index (χ2n) is 15.9. The first-order valence-corrected chi connectivity index (χ1v) is 23.8. The third-order valence-corrected chi connectivity index (χ3v) is 10.7. The predicted octanol–water partition coefficient (Wildman–Crippen LogP) is 13.7. The highest BCUT2D eigenvalue weighted by Gasteiger charge is 2.08. The van der Waals surface area contributed by atoms with E-state index >= 15 is 0 Å². The van der Waals surface area contributed by atoms with Crippen molar-refractivity contribution < 1.29 is 19.1 Å². The lowest BCUT2D eigenvalue weighted by Crippen LogP contribution is -2.29. The lowest BCUT2D eigenvalue weighted by atomic mass is 9.93. The van der Waals surface area contributed by atoms with Crippen molar-refractivity contribution in [2.75, 3.05) is 54.1 Å². The second kappa shape index (κ2) is 54.3. The molecule has 6 nitrogen and oxygen atoms in total. The van der Waals surface area contributed by atoms with Gasteiger partial charge in [-0.25, -0.2) is 0 Å². The van der Waals surface area contributed by atoms with E-state index in [4.69, 9.17) is 9.47 Å². The van der Waals surface area contributed by atoms with Gasteiger partial charge in [0.1, 0.15) is 12.6 Å². The highest BCUT2D eigenvalue weighted by Crippen LogP contribution is 2.20. The van der Waals surface area contributed by atoms with E-state index < -0.39 is 0 Å². The molecule has 0 aliphatic heterocycles. The van der Waals surface area contributed by atoms with Crippen LogP contribution in [-0.2, 0) is 19.1 Å². The molecule has 0 spiro atoms. The van der Waals surface area contributed by atoms with Crippen molar-refractivity contribution in [1.82, 2.24) is 10.2 Å². The zero-order valence-electron chi connectivity index (χ0n) is 38.1. The van der Waals surface area contributed by atoms with Crippen molar-refractivity contribution in [2.24, 2.45) is 5.92 Å². The molecular weight excluding hydrogens is 669 g/mol. The van der Waals surface area contributed by atoms with Crippen LogP contribution >= 0.6 is 0 Å². The Labute approximate surface area is 340 Å². The Morgan fingerprint density at radius 1 is 0.481 bits per heavy atom. The summed E-state index contributed by atoms with van der Waals surface area (Å²) in [7, 11) is 5.70. The third kappa shape index (κ3) is 51.2. The molecule has 326 valence electrons. The number of nitrogens with zero attached hydrogens (tertiary/aromatic N) is 1. The summed E-state index contributed by atoms with van der Waals surface area (Å²) < 4.78 is 10.7. The Balaban J connectivity index is -0.000000761. The first-order valence-electron chi connectivity index (χ1n) is 23.8. The molecule has 0 saturated carbocycles. The molecule has 1 N–H and O–H groups in total. The number of nitrogens with one attached hydrogen (secondary N) is 1. The SMILES string of the molecule is CCCCC(CCCC)CCOC.CCCCCCCC(CCCCCCC)OC.CNCCCN(CCCCCCCC=O)CCCCCCCC=O. The average molecular weight is 769 g/mol. The molecule has 0 aliphatic rings. The minimum Gasteiger partial charge on any atom is -0.385 e. The summed E-state index contributed by atoms with van der Waals surface area (Å²) in [5.41, 5.74) is 0. The van der Waals surface area contributed by atoms with Crippen molar-refractivity contribution in [1.29, 1.82) is 0 Å². The number of ether oxygens (including phenoxy) is 2. The number of hydrogen-bond acceptors (Lipinski definition) is 6. The summed E-state index contributed by atoms with van der Waals surface area (Å²) in [5, 5.41) is 3.23. The Morgan fingerprint density at radius 2 is 0.889 bits per heavy atom. The van der Waals surface area contributed by atoms with Crippen LogP contribution in [0.25, 0.3) is 0 Å². The first-order chi connectivity index (χ1) is 26.5. The summed E-state index contributed by atoms with van der Waals surface area (Å²) >= 11 is 0. The molecular formula is C48H100N2O4. The van der Waals surface area contributed by atoms with Crippen molar-refractivity contribution in [3.8, 4) is 0 Å². The molecule has 0 rings (SSSR count). The molecule has 0 aromatic heterocycles. The molecule has 0 saturated heterocycles. The van der Waals surface area contributed by atoms with Gasteiger partial charge in [-0.2, -0.15) is 0 Å². The summed E-state index contributed by atoms with van der Waals surface area (Å²) in [5.74, 6) is 0.917. The quantitative estimate of drug-likeness (QED) is 0.0493. The standard InChI is InChI=1S/C20H40N2O2.C16H34O.C12H26O/c1-21-15-14-18-22(16-10-6-2-4-8-12-19-23)17-11-7-3-5-9-13-20-24;1-4-6-8-10-12-14-16(17-3)15-13-11-9-7-5-2;1-4-6-8-12(9-7-5-2)10-11-13-3/h19-21H,2-18H2,1H3;16H,4-15H2,1-3H3;12H,4-11H2,1-3H3. The molecule has 0 radical (unpaired) electrons. The van der Waals surface area contributed by atoms with Crippen molar-refractivity contribution in [3.63, 3.8) is 0 Å². The lowest BCUT2D eigenvalue weighted by Gasteiger charge is -2.22. The minimum absolute atomic E-state index is 0.526. The van der Waals surface area contributed by atoms with Gasteiger partial charge in [0, 0.05) is 33.7 Å². The largest absolute Gasteiger partial charge is 0.385 e. The molecule has 54 heavy (non-hydrogen) atoms. The van der Waals surface area contributed by atoms with Crippen LogP contribution < -0.4 is 5.32 Å². The fourth-order valence-corrected chi connectivity index (χ4v) is 7.04. The maximum Gasteiger partial charge on any atom is 0.119 e. The molecule has 0 fully saturated rings. The Morgan fingerprint density at radius 3 is 1.30 bits per heavy atom. The van der Waals surface area contributed by atoms with E-state index in [9.17, 15) is 9.59 Å². The molecule has 0 heterocycles. The summed E-state index contributed by atoms with van der Waals surface area (Å²) in [6.07, 6.45) is 43.2. The van der Waals surface area contributed by atoms with Gasteiger partial charge in [0.15, 0.2) is 0 Å². The van der Waals surface area contributed by atoms with E-state index in [1.165, 1.54) is 199 Å². The Kier molecular flexibility index (Phi) is 57.8. The maximum atomic E-state index is 10.3. The first kappa shape index (κ1) is 57.5. The molecule has 0 aliphatic carbocycles. The van der Waals surface area contributed by atoms with Crippen LogP contribution in [0.4, 0.5) is 0 Å². The number of carbonyl (C=O) groups excluding carboxylic acids is 2. The van der Waals surface area contributed by atoms with E-state index in [0.29, 0.717) is 6.10 Å². The zero-order valence-corrected chi connectivity index (χ0v) is 38.1. The molecule has 0 unspecified atom stereocenters. The molecule has 6 heteroatoms. The normalized spacial score (nSPS) is 11.1. The van der Waals surface area contributed by atoms with Crippen LogP contribution in [0.3, 0.4) is 0 Å². The van der Waals surface area contributed by atoms with Crippen LogP contribution in [0.15, 0.2) is 0 Å². The van der Waals surface area contributed by atoms with E-state index in [1.54, 1.807) is 7.11 Å². The van der Waals surface area contributed by atoms with Crippen LogP contribution in [0.2, 0.25) is 0 Å². The number of carbonyl (C=O) groups is 2. The van der Waals surface area contributed by atoms with Crippen molar-refractivity contribution >= 4 is 12.6 Å². The van der Waals surface area contributed by atoms with Gasteiger partial charge in [0.05, 0.1) is 6.10 Å². The van der Waals surface area contributed by atoms with Gasteiger partial charge in [-0.1, -0.05) is 169 Å². The molecule has 0 aromatic carbocycles. The predicted molar refractivity (Wildman–Crippen MR) is 239 cm³/mol. The highest BCUT2D eigenvalue weighted by atomic mass is 16.5. The van der Waals surface area contributed by atoms with E-state index in [-0.39, 0.29) is 0 Å². The van der Waals surface area contributed by atoms with Crippen molar-refractivity contribution in [2.45, 2.75) is 239 Å². The zero-order chi connectivity index (χ0) is 40.4. The van der Waals surface area contributed by atoms with Crippen LogP contribution in [0.5, 0.6) is 0 Å². The van der Waals surface area contributed by atoms with Gasteiger partial charge in [-0.15, -0.1) is 0 Å². The molecule has 0 atom stereocenters. The fraction of sp³-hybridized carbons (Fsp3) is 0.958. The van der Waals surface area contributed by atoms with E-state index in [2.05, 4.69) is 37.9 Å². The topological polar surface area (TPSA) is 67.9 Å². The minimum atomic E-state index is 0.526. The fourth-order valence-electron chi connectivity index (χ4n) is 7.04. The second-order valence-corrected chi connectivity index (χ2v) is 15.9. The number of hydrogen-bond donors (Lipinski definition) is 1. The lowest BCUT2D eigenvalue weighted by molar-refractivity contribution is -0.108. The average Bonchev–Trinajstić information content (AvgIpc) is 3.19. The highest BCUT2D eigenvalue weighted by molar-refractivity contribution is 5.49. The van der Waals surface area contributed by atoms with Crippen LogP contribution in [0, 0.1) is 5.92 Å². The van der Waals surface area contributed by atoms with Gasteiger partial charge >= 0.3 is 0 Å². The van der Waals surface area contributed by atoms with Gasteiger partial charge in [-0.05, 0) is 90.5 Å². The third-order valence-electron chi connectivity index (χ3n) is 10.7. The Bertz CT molecular complexity index is 610. The number of unbranched alkanes of at least 4 members (excludes halogenated alkanes) is 20. The van der Waals surface area contributed by atoms with Gasteiger partial charge in [0.2, 0.25) is 0 Å². The number of methoxy groups -OCH3 is 2. The number of aldehydes is 2. The van der Waals surface area contributed by atoms with Gasteiger partial charge < -0.3 is 29.3 Å². The number of rotatable bonds is 42. The van der Waals surface area contributed by atoms with Crippen molar-refractivity contribution in [3.05, 3.63) is 0 Å². The van der Waals surface area contributed by atoms with Gasteiger partial charge in [0.25, 0.3) is 0 Å². The molecule has 0 aromatic rings. The summed E-state index contributed by atoms with van der Waals surface area (Å²) in [4.78, 5) is 23.2. The van der Waals surface area contributed by atoms with E-state index in [0.717, 1.165) is 57.3 Å². The summed E-state index contributed by atoms with van der Waals surface area (Å²) in [6.45, 7) is 14.7. The monoisotopic (exact) mass is 769 g/mol. The van der Waals surface area contributed by atoms with Crippen LogP contribution in [-0.4, -0.2) is 77.6 Å². The smallest absolute Gasteiger partial charge is 0.119 e. The Hall–Kier alpha value is -0.820. The maximum absolute atomic E-state index is 10.3. The van der Waals surface area contributed by atoms with Crippen LogP contribution in [0.1, 0.15) is 233 Å². The molecule has 0 bridgehead atoms. The molecule has 0 amide bonds.